The molecule has 0 spiro atoms. The molecule has 0 unspecified atom stereocenters. The minimum Gasteiger partial charge on any atom is -0.463 e. The first-order valence-corrected chi connectivity index (χ1v) is 7.62. The first kappa shape index (κ1) is 15.7. The smallest absolute Gasteiger partial charge is 0.302 e. The van der Waals surface area contributed by atoms with E-state index >= 15 is 0 Å². The number of fused-ring (bicyclic) bond motifs is 1. The van der Waals surface area contributed by atoms with Gasteiger partial charge >= 0.3 is 11.9 Å². The number of rotatable bonds is 3. The predicted molar refractivity (Wildman–Crippen MR) is 77.0 cm³/mol. The van der Waals surface area contributed by atoms with Gasteiger partial charge in [0.05, 0.1) is 6.61 Å². The minimum absolute atomic E-state index is 0.0587. The van der Waals surface area contributed by atoms with Gasteiger partial charge in [-0.1, -0.05) is 22.6 Å². The van der Waals surface area contributed by atoms with Gasteiger partial charge in [0.1, 0.15) is 18.8 Å². The van der Waals surface area contributed by atoms with Crippen LogP contribution in [0, 0.1) is 5.92 Å². The second-order valence-corrected chi connectivity index (χ2v) is 5.45. The van der Waals surface area contributed by atoms with E-state index in [0.29, 0.717) is 13.0 Å². The first-order chi connectivity index (χ1) is 9.51. The van der Waals surface area contributed by atoms with Crippen LogP contribution >= 0.6 is 22.6 Å². The van der Waals surface area contributed by atoms with Gasteiger partial charge in [0.2, 0.25) is 0 Å². The zero-order chi connectivity index (χ0) is 14.7. The van der Waals surface area contributed by atoms with E-state index < -0.39 is 18.2 Å². The van der Waals surface area contributed by atoms with E-state index in [1.807, 2.05) is 4.08 Å². The van der Waals surface area contributed by atoms with Crippen molar-refractivity contribution in [2.45, 2.75) is 38.8 Å². The molecule has 7 heteroatoms. The van der Waals surface area contributed by atoms with E-state index in [4.69, 9.17) is 18.9 Å². The summed E-state index contributed by atoms with van der Waals surface area (Å²) >= 11 is 2.17. The van der Waals surface area contributed by atoms with Crippen molar-refractivity contribution >= 4 is 34.5 Å². The largest absolute Gasteiger partial charge is 0.463 e. The molecular weight excluding hydrogens is 379 g/mol. The third kappa shape index (κ3) is 3.70. The maximum absolute atomic E-state index is 11.2. The van der Waals surface area contributed by atoms with Gasteiger partial charge in [0.25, 0.3) is 0 Å². The summed E-state index contributed by atoms with van der Waals surface area (Å²) in [7, 11) is 0. The number of ether oxygens (including phenoxy) is 4. The second-order valence-electron chi connectivity index (χ2n) is 4.83. The summed E-state index contributed by atoms with van der Waals surface area (Å²) in [6.07, 6.45) is -0.660. The van der Waals surface area contributed by atoms with Crippen LogP contribution < -0.4 is 0 Å². The lowest BCUT2D eigenvalue weighted by Crippen LogP contribution is -2.47. The number of carbonyl (C=O) groups excluding carboxylic acids is 2. The Kier molecular flexibility index (Phi) is 5.39. The summed E-state index contributed by atoms with van der Waals surface area (Å²) in [6.45, 7) is 3.26. The van der Waals surface area contributed by atoms with Crippen molar-refractivity contribution in [3.63, 3.8) is 0 Å². The molecule has 4 atom stereocenters. The molecule has 0 aromatic carbocycles. The van der Waals surface area contributed by atoms with Crippen LogP contribution in [-0.2, 0) is 28.5 Å². The molecule has 2 aliphatic rings. The highest BCUT2D eigenvalue weighted by Gasteiger charge is 2.45. The van der Waals surface area contributed by atoms with Crippen LogP contribution in [0.4, 0.5) is 0 Å². The summed E-state index contributed by atoms with van der Waals surface area (Å²) in [5, 5.41) is 0. The Balaban J connectivity index is 2.06. The van der Waals surface area contributed by atoms with Crippen molar-refractivity contribution < 1.29 is 28.5 Å². The zero-order valence-corrected chi connectivity index (χ0v) is 13.5. The minimum atomic E-state index is -0.488. The molecule has 2 rings (SSSR count). The SMILES string of the molecule is CC(=O)OC[C@H]1O[C@@H]2OC/C(=C\I)[C@@H]2C[C@@H]1OC(C)=O. The molecule has 2 saturated heterocycles. The number of hydrogen-bond donors (Lipinski definition) is 0. The van der Waals surface area contributed by atoms with Crippen LogP contribution in [0.25, 0.3) is 0 Å². The van der Waals surface area contributed by atoms with Gasteiger partial charge in [-0.15, -0.1) is 0 Å². The highest BCUT2D eigenvalue weighted by molar-refractivity contribution is 14.1. The third-order valence-electron chi connectivity index (χ3n) is 3.34. The van der Waals surface area contributed by atoms with Crippen LogP contribution in [-0.4, -0.2) is 43.7 Å². The topological polar surface area (TPSA) is 71.1 Å². The highest BCUT2D eigenvalue weighted by atomic mass is 127. The quantitative estimate of drug-likeness (QED) is 0.533. The maximum atomic E-state index is 11.2. The lowest BCUT2D eigenvalue weighted by molar-refractivity contribution is -0.234. The van der Waals surface area contributed by atoms with Crippen molar-refractivity contribution in [1.82, 2.24) is 0 Å². The fraction of sp³-hybridized carbons (Fsp3) is 0.692. The number of esters is 2. The van der Waals surface area contributed by atoms with Crippen LogP contribution in [0.2, 0.25) is 0 Å². The molecule has 0 amide bonds. The average Bonchev–Trinajstić information content (AvgIpc) is 2.77. The maximum Gasteiger partial charge on any atom is 0.302 e. The van der Waals surface area contributed by atoms with Crippen molar-refractivity contribution in [2.24, 2.45) is 5.92 Å². The van der Waals surface area contributed by atoms with Crippen molar-refractivity contribution in [3.05, 3.63) is 9.66 Å². The van der Waals surface area contributed by atoms with E-state index in [9.17, 15) is 9.59 Å². The molecule has 2 fully saturated rings. The number of halogens is 1. The molecular formula is C13H17IO6. The van der Waals surface area contributed by atoms with E-state index in [-0.39, 0.29) is 24.8 Å². The molecule has 0 aromatic heterocycles. The molecule has 0 bridgehead atoms. The fourth-order valence-corrected chi connectivity index (χ4v) is 3.07. The van der Waals surface area contributed by atoms with Crippen LogP contribution in [0.15, 0.2) is 9.66 Å². The molecule has 20 heavy (non-hydrogen) atoms. The van der Waals surface area contributed by atoms with Crippen molar-refractivity contribution in [3.8, 4) is 0 Å². The van der Waals surface area contributed by atoms with Crippen LogP contribution in [0.3, 0.4) is 0 Å². The number of hydrogen-bond acceptors (Lipinski definition) is 6. The standard InChI is InChI=1S/C13H17IO6/c1-7(15)17-6-12-11(19-8(2)16)3-10-9(4-14)5-18-13(10)20-12/h4,10-13H,3,5-6H2,1-2H3/b9-4+/t10-,11-,12+,13-/m0/s1. The van der Waals surface area contributed by atoms with Crippen LogP contribution in [0.5, 0.6) is 0 Å². The summed E-state index contributed by atoms with van der Waals surface area (Å²) in [5.41, 5.74) is 1.14. The van der Waals surface area contributed by atoms with E-state index in [1.165, 1.54) is 13.8 Å². The Labute approximate surface area is 130 Å². The Morgan fingerprint density at radius 2 is 2.15 bits per heavy atom. The van der Waals surface area contributed by atoms with Crippen molar-refractivity contribution in [1.29, 1.82) is 0 Å². The van der Waals surface area contributed by atoms with Gasteiger partial charge < -0.3 is 18.9 Å². The van der Waals surface area contributed by atoms with Gasteiger partial charge in [0, 0.05) is 19.8 Å². The lowest BCUT2D eigenvalue weighted by Gasteiger charge is -2.36. The summed E-state index contributed by atoms with van der Waals surface area (Å²) in [4.78, 5) is 22.1. The van der Waals surface area contributed by atoms with Crippen LogP contribution in [0.1, 0.15) is 20.3 Å². The van der Waals surface area contributed by atoms with Gasteiger partial charge in [-0.25, -0.2) is 0 Å². The monoisotopic (exact) mass is 396 g/mol. The lowest BCUT2D eigenvalue weighted by atomic mass is 9.90. The summed E-state index contributed by atoms with van der Waals surface area (Å²) in [5.74, 6) is -0.675. The third-order valence-corrected chi connectivity index (χ3v) is 4.14. The van der Waals surface area contributed by atoms with E-state index in [1.54, 1.807) is 0 Å². The van der Waals surface area contributed by atoms with Gasteiger partial charge in [0.15, 0.2) is 6.29 Å². The Morgan fingerprint density at radius 3 is 2.75 bits per heavy atom. The summed E-state index contributed by atoms with van der Waals surface area (Å²) in [6, 6.07) is 0. The molecule has 2 heterocycles. The highest BCUT2D eigenvalue weighted by Crippen LogP contribution is 2.38. The fourth-order valence-electron chi connectivity index (χ4n) is 2.43. The molecule has 112 valence electrons. The number of carbonyl (C=O) groups is 2. The Hall–Kier alpha value is -0.670. The average molecular weight is 396 g/mol. The zero-order valence-electron chi connectivity index (χ0n) is 11.3. The Bertz CT molecular complexity index is 421. The van der Waals surface area contributed by atoms with Gasteiger partial charge in [-0.05, 0) is 16.1 Å². The molecule has 0 radical (unpaired) electrons. The molecule has 6 nitrogen and oxygen atoms in total. The first-order valence-electron chi connectivity index (χ1n) is 6.38. The molecule has 0 N–H and O–H groups in total. The van der Waals surface area contributed by atoms with Crippen molar-refractivity contribution in [2.75, 3.05) is 13.2 Å². The molecule has 0 saturated carbocycles. The molecule has 0 aromatic rings. The normalized spacial score (nSPS) is 34.6. The Morgan fingerprint density at radius 1 is 1.40 bits per heavy atom. The second kappa shape index (κ2) is 6.86. The van der Waals surface area contributed by atoms with Gasteiger partial charge in [-0.2, -0.15) is 0 Å². The van der Waals surface area contributed by atoms with E-state index in [0.717, 1.165) is 5.57 Å². The molecule has 2 aliphatic heterocycles. The van der Waals surface area contributed by atoms with Gasteiger partial charge in [-0.3, -0.25) is 9.59 Å². The van der Waals surface area contributed by atoms with E-state index in [2.05, 4.69) is 22.6 Å². The summed E-state index contributed by atoms with van der Waals surface area (Å²) < 4.78 is 23.6. The predicted octanol–water partition coefficient (Wildman–Crippen LogP) is 1.56. The molecule has 0 aliphatic carbocycles.